The topological polar surface area (TPSA) is 134 Å². The number of nitrogens with zero attached hydrogens (tertiary/aromatic N) is 4. The number of pyridine rings is 1. The van der Waals surface area contributed by atoms with E-state index in [0.717, 1.165) is 5.56 Å². The van der Waals surface area contributed by atoms with Crippen LogP contribution in [0.1, 0.15) is 22.7 Å². The minimum Gasteiger partial charge on any atom is -0.495 e. The van der Waals surface area contributed by atoms with E-state index in [1.54, 1.807) is 18.5 Å². The number of esters is 1. The first-order valence-corrected chi connectivity index (χ1v) is 12.1. The number of hydrogen-bond acceptors (Lipinski definition) is 10. The fourth-order valence-corrected chi connectivity index (χ4v) is 4.96. The van der Waals surface area contributed by atoms with Gasteiger partial charge in [0.2, 0.25) is 21.7 Å². The van der Waals surface area contributed by atoms with Crippen LogP contribution in [0.25, 0.3) is 11.4 Å². The monoisotopic (exact) mass is 488 g/mol. The first kappa shape index (κ1) is 23.8. The Bertz CT molecular complexity index is 1230. The van der Waals surface area contributed by atoms with Crippen LogP contribution in [0, 0.1) is 0 Å². The molecule has 0 aliphatic carbocycles. The third-order valence-corrected chi connectivity index (χ3v) is 7.06. The second kappa shape index (κ2) is 10.7. The maximum Gasteiger partial charge on any atom is 0.338 e. The Morgan fingerprint density at radius 2 is 2.03 bits per heavy atom. The molecule has 0 saturated carbocycles. The number of benzene rings is 1. The van der Waals surface area contributed by atoms with Crippen molar-refractivity contribution < 1.29 is 31.9 Å². The van der Waals surface area contributed by atoms with Gasteiger partial charge in [-0.25, -0.2) is 13.2 Å². The number of carbonyl (C=O) groups excluding carboxylic acids is 1. The van der Waals surface area contributed by atoms with E-state index < -0.39 is 16.0 Å². The summed E-state index contributed by atoms with van der Waals surface area (Å²) < 4.78 is 48.5. The number of hydrogen-bond donors (Lipinski definition) is 0. The van der Waals surface area contributed by atoms with Crippen LogP contribution in [0.3, 0.4) is 0 Å². The molecule has 11 nitrogen and oxygen atoms in total. The van der Waals surface area contributed by atoms with Crippen LogP contribution in [0.2, 0.25) is 0 Å². The van der Waals surface area contributed by atoms with E-state index in [-0.39, 0.29) is 35.9 Å². The molecule has 34 heavy (non-hydrogen) atoms. The summed E-state index contributed by atoms with van der Waals surface area (Å²) in [6, 6.07) is 7.80. The van der Waals surface area contributed by atoms with Gasteiger partial charge in [0.1, 0.15) is 10.6 Å². The van der Waals surface area contributed by atoms with E-state index in [2.05, 4.69) is 15.1 Å². The van der Waals surface area contributed by atoms with Crippen LogP contribution >= 0.6 is 0 Å². The smallest absolute Gasteiger partial charge is 0.338 e. The predicted octanol–water partition coefficient (Wildman–Crippen LogP) is 1.95. The molecule has 0 radical (unpaired) electrons. The van der Waals surface area contributed by atoms with E-state index in [4.69, 9.17) is 18.7 Å². The summed E-state index contributed by atoms with van der Waals surface area (Å²) in [5, 5.41) is 3.92. The third kappa shape index (κ3) is 5.41. The fraction of sp³-hybridized carbons (Fsp3) is 0.364. The minimum atomic E-state index is -3.85. The van der Waals surface area contributed by atoms with Gasteiger partial charge in [0, 0.05) is 37.5 Å². The highest BCUT2D eigenvalue weighted by Gasteiger charge is 2.30. The highest BCUT2D eigenvalue weighted by molar-refractivity contribution is 7.89. The van der Waals surface area contributed by atoms with E-state index in [0.29, 0.717) is 37.8 Å². The second-order valence-electron chi connectivity index (χ2n) is 7.37. The lowest BCUT2D eigenvalue weighted by molar-refractivity contribution is 0.0498. The number of methoxy groups -OCH3 is 1. The summed E-state index contributed by atoms with van der Waals surface area (Å²) in [4.78, 5) is 20.8. The Kier molecular flexibility index (Phi) is 7.50. The first-order valence-electron chi connectivity index (χ1n) is 10.6. The third-order valence-electron chi connectivity index (χ3n) is 5.14. The van der Waals surface area contributed by atoms with Crippen LogP contribution in [0.5, 0.6) is 5.75 Å². The van der Waals surface area contributed by atoms with Crippen LogP contribution < -0.4 is 4.74 Å². The van der Waals surface area contributed by atoms with Gasteiger partial charge in [-0.1, -0.05) is 5.16 Å². The van der Waals surface area contributed by atoms with E-state index in [1.165, 1.54) is 29.6 Å². The van der Waals surface area contributed by atoms with Crippen LogP contribution in [0.15, 0.2) is 52.1 Å². The van der Waals surface area contributed by atoms with Crippen molar-refractivity contribution in [2.45, 2.75) is 17.7 Å². The largest absolute Gasteiger partial charge is 0.495 e. The van der Waals surface area contributed by atoms with Gasteiger partial charge < -0.3 is 18.7 Å². The summed E-state index contributed by atoms with van der Waals surface area (Å²) in [6.45, 7) is 1.19. The predicted molar refractivity (Wildman–Crippen MR) is 119 cm³/mol. The molecule has 1 aliphatic heterocycles. The van der Waals surface area contributed by atoms with Gasteiger partial charge in [-0.3, -0.25) is 4.98 Å². The molecule has 1 aromatic carbocycles. The number of carbonyl (C=O) groups is 1. The summed E-state index contributed by atoms with van der Waals surface area (Å²) in [6.07, 6.45) is 4.16. The number of ether oxygens (including phenoxy) is 3. The Hall–Kier alpha value is -3.35. The molecule has 0 spiro atoms. The molecule has 2 aromatic heterocycles. The normalized spacial score (nSPS) is 14.6. The number of rotatable bonds is 9. The maximum absolute atomic E-state index is 13.1. The molecule has 0 bridgehead atoms. The Morgan fingerprint density at radius 3 is 2.76 bits per heavy atom. The Balaban J connectivity index is 1.36. The van der Waals surface area contributed by atoms with Crippen molar-refractivity contribution >= 4 is 16.0 Å². The molecule has 180 valence electrons. The highest BCUT2D eigenvalue weighted by Crippen LogP contribution is 2.28. The summed E-state index contributed by atoms with van der Waals surface area (Å²) >= 11 is 0. The number of aryl methyl sites for hydroxylation is 1. The minimum absolute atomic E-state index is 0.0832. The molecular formula is C22H24N4O7S. The van der Waals surface area contributed by atoms with Gasteiger partial charge >= 0.3 is 5.97 Å². The molecular weight excluding hydrogens is 464 g/mol. The second-order valence-corrected chi connectivity index (χ2v) is 9.28. The molecule has 0 unspecified atom stereocenters. The van der Waals surface area contributed by atoms with Gasteiger partial charge in [-0.2, -0.15) is 9.29 Å². The van der Waals surface area contributed by atoms with Crippen molar-refractivity contribution in [3.8, 4) is 17.1 Å². The highest BCUT2D eigenvalue weighted by atomic mass is 32.2. The van der Waals surface area contributed by atoms with Gasteiger partial charge in [-0.15, -0.1) is 0 Å². The molecule has 1 aliphatic rings. The lowest BCUT2D eigenvalue weighted by Gasteiger charge is -2.26. The average molecular weight is 489 g/mol. The van der Waals surface area contributed by atoms with Gasteiger partial charge in [0.15, 0.2) is 0 Å². The summed E-state index contributed by atoms with van der Waals surface area (Å²) in [5.41, 5.74) is 0.857. The molecule has 0 amide bonds. The number of sulfonamides is 1. The van der Waals surface area contributed by atoms with E-state index in [1.807, 2.05) is 6.07 Å². The first-order chi connectivity index (χ1) is 16.5. The molecule has 1 saturated heterocycles. The lowest BCUT2D eigenvalue weighted by Crippen LogP contribution is -2.40. The molecule has 3 heterocycles. The van der Waals surface area contributed by atoms with Crippen molar-refractivity contribution in [1.82, 2.24) is 19.4 Å². The van der Waals surface area contributed by atoms with Crippen molar-refractivity contribution in [3.63, 3.8) is 0 Å². The van der Waals surface area contributed by atoms with Gasteiger partial charge in [0.05, 0.1) is 32.5 Å². The lowest BCUT2D eigenvalue weighted by atomic mass is 10.2. The average Bonchev–Trinajstić information content (AvgIpc) is 3.36. The molecule has 0 N–H and O–H groups in total. The Labute approximate surface area is 196 Å². The zero-order valence-corrected chi connectivity index (χ0v) is 19.4. The molecule has 0 atom stereocenters. The quantitative estimate of drug-likeness (QED) is 0.325. The zero-order chi connectivity index (χ0) is 24.0. The van der Waals surface area contributed by atoms with E-state index >= 15 is 0 Å². The van der Waals surface area contributed by atoms with Crippen LogP contribution in [0.4, 0.5) is 0 Å². The van der Waals surface area contributed by atoms with Gasteiger partial charge in [-0.05, 0) is 36.8 Å². The zero-order valence-electron chi connectivity index (χ0n) is 18.5. The SMILES string of the molecule is COc1ccc(C(=O)OCCCc2nc(-c3cccnc3)no2)cc1S(=O)(=O)N1CCOCC1. The summed E-state index contributed by atoms with van der Waals surface area (Å²) in [5.74, 6) is 0.372. The fourth-order valence-electron chi connectivity index (χ4n) is 3.37. The van der Waals surface area contributed by atoms with Crippen molar-refractivity contribution in [2.75, 3.05) is 40.0 Å². The van der Waals surface area contributed by atoms with Crippen LogP contribution in [-0.2, 0) is 25.9 Å². The molecule has 1 fully saturated rings. The number of aromatic nitrogens is 3. The number of morpholine rings is 1. The molecule has 4 rings (SSSR count). The molecule has 3 aromatic rings. The standard InChI is InChI=1S/C22H24N4O7S/c1-30-18-7-6-16(14-19(18)34(28,29)26-9-12-31-13-10-26)22(27)32-11-3-5-20-24-21(25-33-20)17-4-2-8-23-15-17/h2,4,6-8,14-15H,3,5,9-13H2,1H3. The van der Waals surface area contributed by atoms with Crippen molar-refractivity contribution in [3.05, 3.63) is 54.2 Å². The maximum atomic E-state index is 13.1. The van der Waals surface area contributed by atoms with Gasteiger partial charge in [0.25, 0.3) is 0 Å². The van der Waals surface area contributed by atoms with Crippen molar-refractivity contribution in [1.29, 1.82) is 0 Å². The Morgan fingerprint density at radius 1 is 1.21 bits per heavy atom. The van der Waals surface area contributed by atoms with Crippen LogP contribution in [-0.4, -0.2) is 73.8 Å². The van der Waals surface area contributed by atoms with E-state index in [9.17, 15) is 13.2 Å². The molecule has 12 heteroatoms. The summed E-state index contributed by atoms with van der Waals surface area (Å²) in [7, 11) is -2.48. The van der Waals surface area contributed by atoms with Crippen molar-refractivity contribution in [2.24, 2.45) is 0 Å².